The van der Waals surface area contributed by atoms with Gasteiger partial charge in [-0.15, -0.1) is 0 Å². The number of rotatable bonds is 2. The summed E-state index contributed by atoms with van der Waals surface area (Å²) in [5, 5.41) is 0. The second-order valence-electron chi connectivity index (χ2n) is 7.54. The van der Waals surface area contributed by atoms with Crippen LogP contribution in [0.2, 0.25) is 0 Å². The molecule has 0 atom stereocenters. The molecule has 0 nitrogen and oxygen atoms in total. The lowest BCUT2D eigenvalue weighted by Crippen LogP contribution is -2.15. The highest BCUT2D eigenvalue weighted by atomic mass is 14.4. The summed E-state index contributed by atoms with van der Waals surface area (Å²) in [5.41, 5.74) is 8.84. The third kappa shape index (κ3) is 2.12. The van der Waals surface area contributed by atoms with E-state index in [2.05, 4.69) is 77.9 Å². The molecule has 0 aliphatic heterocycles. The van der Waals surface area contributed by atoms with E-state index in [0.29, 0.717) is 11.8 Å². The smallest absolute Gasteiger partial charge is 0.0158 e. The van der Waals surface area contributed by atoms with E-state index in [1.807, 2.05) is 0 Å². The molecule has 2 aromatic rings. The first-order valence-corrected chi connectivity index (χ1v) is 8.11. The zero-order valence-corrected chi connectivity index (χ0v) is 14.1. The maximum absolute atomic E-state index is 2.41. The zero-order chi connectivity index (χ0) is 15.4. The van der Waals surface area contributed by atoms with Crippen molar-refractivity contribution < 1.29 is 0 Å². The van der Waals surface area contributed by atoms with Crippen LogP contribution >= 0.6 is 0 Å². The van der Waals surface area contributed by atoms with E-state index in [-0.39, 0.29) is 5.41 Å². The Morgan fingerprint density at radius 1 is 0.667 bits per heavy atom. The van der Waals surface area contributed by atoms with Crippen LogP contribution in [0.1, 0.15) is 75.6 Å². The van der Waals surface area contributed by atoms with Crippen LogP contribution in [-0.4, -0.2) is 0 Å². The highest BCUT2D eigenvalue weighted by Crippen LogP contribution is 2.49. The molecule has 3 rings (SSSR count). The van der Waals surface area contributed by atoms with Gasteiger partial charge in [-0.05, 0) is 45.2 Å². The van der Waals surface area contributed by atoms with Gasteiger partial charge in [0.05, 0.1) is 0 Å². The van der Waals surface area contributed by atoms with Gasteiger partial charge in [-0.1, -0.05) is 77.9 Å². The summed E-state index contributed by atoms with van der Waals surface area (Å²) in [6.07, 6.45) is 0. The van der Waals surface area contributed by atoms with Crippen LogP contribution in [0.15, 0.2) is 36.4 Å². The molecule has 0 heteroatoms. The molecule has 0 heterocycles. The quantitative estimate of drug-likeness (QED) is 0.610. The van der Waals surface area contributed by atoms with Crippen LogP contribution in [0.4, 0.5) is 0 Å². The van der Waals surface area contributed by atoms with Crippen LogP contribution in [0.5, 0.6) is 0 Å². The molecule has 0 saturated carbocycles. The van der Waals surface area contributed by atoms with Crippen molar-refractivity contribution in [2.24, 2.45) is 0 Å². The van der Waals surface area contributed by atoms with E-state index < -0.39 is 0 Å². The van der Waals surface area contributed by atoms with Crippen molar-refractivity contribution in [1.82, 2.24) is 0 Å². The van der Waals surface area contributed by atoms with E-state index in [0.717, 1.165) is 0 Å². The summed E-state index contributed by atoms with van der Waals surface area (Å²) in [5.74, 6) is 1.16. The van der Waals surface area contributed by atoms with Gasteiger partial charge in [0, 0.05) is 5.41 Å². The minimum absolute atomic E-state index is 0.121. The summed E-state index contributed by atoms with van der Waals surface area (Å²) in [6, 6.07) is 14.1. The maximum atomic E-state index is 2.41. The van der Waals surface area contributed by atoms with Gasteiger partial charge in [0.2, 0.25) is 0 Å². The van der Waals surface area contributed by atoms with Crippen molar-refractivity contribution in [1.29, 1.82) is 0 Å². The molecule has 0 amide bonds. The predicted molar refractivity (Wildman–Crippen MR) is 92.2 cm³/mol. The summed E-state index contributed by atoms with van der Waals surface area (Å²) < 4.78 is 0. The van der Waals surface area contributed by atoms with Crippen molar-refractivity contribution in [2.45, 2.75) is 58.8 Å². The fourth-order valence-corrected chi connectivity index (χ4v) is 3.52. The molecule has 0 saturated heterocycles. The molecule has 0 bridgehead atoms. The second-order valence-corrected chi connectivity index (χ2v) is 7.54. The lowest BCUT2D eigenvalue weighted by molar-refractivity contribution is 0.659. The molecule has 21 heavy (non-hydrogen) atoms. The molecule has 2 aromatic carbocycles. The van der Waals surface area contributed by atoms with E-state index >= 15 is 0 Å². The van der Waals surface area contributed by atoms with Crippen LogP contribution in [0.25, 0.3) is 11.1 Å². The zero-order valence-electron chi connectivity index (χ0n) is 14.1. The highest BCUT2D eigenvalue weighted by Gasteiger charge is 2.35. The molecule has 0 aromatic heterocycles. The summed E-state index contributed by atoms with van der Waals surface area (Å²) in [4.78, 5) is 0. The minimum atomic E-state index is 0.121. The van der Waals surface area contributed by atoms with Crippen molar-refractivity contribution in [3.8, 4) is 11.1 Å². The van der Waals surface area contributed by atoms with Crippen LogP contribution < -0.4 is 0 Å². The largest absolute Gasteiger partial charge is 0.0587 e. The molecular weight excluding hydrogens is 252 g/mol. The Bertz CT molecular complexity index is 628. The fraction of sp³-hybridized carbons (Fsp3) is 0.429. The third-order valence-corrected chi connectivity index (χ3v) is 5.06. The molecule has 0 radical (unpaired) electrons. The third-order valence-electron chi connectivity index (χ3n) is 5.06. The van der Waals surface area contributed by atoms with Crippen molar-refractivity contribution in [3.05, 3.63) is 58.7 Å². The van der Waals surface area contributed by atoms with Gasteiger partial charge in [0.15, 0.2) is 0 Å². The number of hydrogen-bond acceptors (Lipinski definition) is 0. The van der Waals surface area contributed by atoms with Gasteiger partial charge in [-0.2, -0.15) is 0 Å². The molecule has 0 spiro atoms. The van der Waals surface area contributed by atoms with Gasteiger partial charge in [-0.25, -0.2) is 0 Å². The minimum Gasteiger partial charge on any atom is -0.0587 e. The molecule has 0 fully saturated rings. The first kappa shape index (κ1) is 14.4. The number of benzene rings is 2. The SMILES string of the molecule is CC(C)c1ccc2c(c1)-c1cc(C(C)C)ccc1C2(C)C. The first-order valence-electron chi connectivity index (χ1n) is 8.11. The molecule has 0 N–H and O–H groups in total. The van der Waals surface area contributed by atoms with Crippen LogP contribution in [0.3, 0.4) is 0 Å². The Kier molecular flexibility index (Phi) is 3.24. The van der Waals surface area contributed by atoms with Gasteiger partial charge < -0.3 is 0 Å². The van der Waals surface area contributed by atoms with Crippen molar-refractivity contribution in [3.63, 3.8) is 0 Å². The Morgan fingerprint density at radius 2 is 1.05 bits per heavy atom. The predicted octanol–water partition coefficient (Wildman–Crippen LogP) is 6.24. The monoisotopic (exact) mass is 278 g/mol. The van der Waals surface area contributed by atoms with E-state index in [1.165, 1.54) is 33.4 Å². The normalized spacial score (nSPS) is 15.4. The highest BCUT2D eigenvalue weighted by molar-refractivity contribution is 5.81. The van der Waals surface area contributed by atoms with Gasteiger partial charge in [0.1, 0.15) is 0 Å². The molecular formula is C21H26. The summed E-state index contributed by atoms with van der Waals surface area (Å²) >= 11 is 0. The Balaban J connectivity index is 2.26. The fourth-order valence-electron chi connectivity index (χ4n) is 3.52. The number of hydrogen-bond donors (Lipinski definition) is 0. The van der Waals surface area contributed by atoms with E-state index in [9.17, 15) is 0 Å². The molecule has 1 aliphatic carbocycles. The molecule has 1 aliphatic rings. The number of fused-ring (bicyclic) bond motifs is 3. The lowest BCUT2D eigenvalue weighted by Gasteiger charge is -2.22. The maximum Gasteiger partial charge on any atom is 0.0158 e. The van der Waals surface area contributed by atoms with Crippen LogP contribution in [0, 0.1) is 0 Å². The average molecular weight is 278 g/mol. The van der Waals surface area contributed by atoms with Crippen molar-refractivity contribution in [2.75, 3.05) is 0 Å². The molecule has 0 unspecified atom stereocenters. The topological polar surface area (TPSA) is 0 Å². The Labute approximate surface area is 129 Å². The second kappa shape index (κ2) is 4.73. The Morgan fingerprint density at radius 3 is 1.38 bits per heavy atom. The van der Waals surface area contributed by atoms with Gasteiger partial charge >= 0.3 is 0 Å². The van der Waals surface area contributed by atoms with E-state index in [4.69, 9.17) is 0 Å². The first-order chi connectivity index (χ1) is 9.82. The molecule has 110 valence electrons. The van der Waals surface area contributed by atoms with Crippen molar-refractivity contribution >= 4 is 0 Å². The average Bonchev–Trinajstić information content (AvgIpc) is 2.67. The van der Waals surface area contributed by atoms with Crippen LogP contribution in [-0.2, 0) is 5.41 Å². The standard InChI is InChI=1S/C21H26/c1-13(2)15-7-9-19-17(11-15)18-12-16(14(3)4)8-10-20(18)21(19,5)6/h7-14H,1-6H3. The van der Waals surface area contributed by atoms with Gasteiger partial charge in [0.25, 0.3) is 0 Å². The van der Waals surface area contributed by atoms with E-state index in [1.54, 1.807) is 0 Å². The van der Waals surface area contributed by atoms with Gasteiger partial charge in [-0.3, -0.25) is 0 Å². The summed E-state index contributed by atoms with van der Waals surface area (Å²) in [7, 11) is 0. The summed E-state index contributed by atoms with van der Waals surface area (Å²) in [6.45, 7) is 13.8. The lowest BCUT2D eigenvalue weighted by atomic mass is 9.81. The Hall–Kier alpha value is -1.56.